The molecule has 1 aliphatic rings. The predicted molar refractivity (Wildman–Crippen MR) is 101 cm³/mol. The first-order valence-corrected chi connectivity index (χ1v) is 8.78. The second-order valence-corrected chi connectivity index (χ2v) is 6.01. The van der Waals surface area contributed by atoms with Gasteiger partial charge in [-0.15, -0.1) is 0 Å². The molecule has 1 atom stereocenters. The number of imide groups is 2. The Kier molecular flexibility index (Phi) is 6.81. The average molecular weight is 375 g/mol. The number of nitrogens with zero attached hydrogens (tertiary/aromatic N) is 1. The van der Waals surface area contributed by atoms with E-state index in [0.717, 1.165) is 11.3 Å². The fourth-order valence-corrected chi connectivity index (χ4v) is 2.78. The molecule has 1 aromatic rings. The van der Waals surface area contributed by atoms with Gasteiger partial charge < -0.3 is 14.8 Å². The fraction of sp³-hybridized carbons (Fsp3) is 0.421. The first-order chi connectivity index (χ1) is 13.0. The van der Waals surface area contributed by atoms with Gasteiger partial charge in [-0.25, -0.2) is 4.79 Å². The Balaban J connectivity index is 2.29. The molecule has 0 spiro atoms. The Hall–Kier alpha value is -3.03. The van der Waals surface area contributed by atoms with Gasteiger partial charge in [0, 0.05) is 18.3 Å². The lowest BCUT2D eigenvalue weighted by atomic mass is 9.99. The third kappa shape index (κ3) is 4.39. The highest BCUT2D eigenvalue weighted by atomic mass is 16.5. The number of anilines is 1. The molecular weight excluding hydrogens is 350 g/mol. The van der Waals surface area contributed by atoms with Gasteiger partial charge in [0.05, 0.1) is 19.9 Å². The zero-order valence-electron chi connectivity index (χ0n) is 16.0. The lowest BCUT2D eigenvalue weighted by Gasteiger charge is -2.31. The van der Waals surface area contributed by atoms with Crippen LogP contribution in [0.1, 0.15) is 26.7 Å². The SMILES string of the molecule is C/C=C(\Nc1ccc(OC)cc1OC)[C@H]1C(=O)NC(=O)N(CCCC)C1=O. The molecule has 0 aromatic heterocycles. The summed E-state index contributed by atoms with van der Waals surface area (Å²) in [5, 5.41) is 5.34. The summed E-state index contributed by atoms with van der Waals surface area (Å²) in [6.45, 7) is 3.95. The van der Waals surface area contributed by atoms with Crippen LogP contribution in [0.4, 0.5) is 10.5 Å². The molecule has 0 saturated carbocycles. The van der Waals surface area contributed by atoms with Crippen LogP contribution < -0.4 is 20.1 Å². The number of nitrogens with one attached hydrogen (secondary N) is 2. The van der Waals surface area contributed by atoms with Gasteiger partial charge in [0.15, 0.2) is 5.92 Å². The highest BCUT2D eigenvalue weighted by Crippen LogP contribution is 2.32. The van der Waals surface area contributed by atoms with E-state index in [-0.39, 0.29) is 6.54 Å². The number of amides is 4. The molecule has 1 heterocycles. The summed E-state index contributed by atoms with van der Waals surface area (Å²) in [4.78, 5) is 38.3. The minimum atomic E-state index is -1.13. The number of ether oxygens (including phenoxy) is 2. The van der Waals surface area contributed by atoms with Crippen LogP contribution >= 0.6 is 0 Å². The Morgan fingerprint density at radius 2 is 2.00 bits per heavy atom. The Morgan fingerprint density at radius 3 is 2.59 bits per heavy atom. The van der Waals surface area contributed by atoms with E-state index in [1.54, 1.807) is 38.3 Å². The van der Waals surface area contributed by atoms with Gasteiger partial charge in [-0.1, -0.05) is 19.4 Å². The van der Waals surface area contributed by atoms with E-state index in [0.29, 0.717) is 29.3 Å². The van der Waals surface area contributed by atoms with Crippen LogP contribution in [-0.4, -0.2) is 43.5 Å². The van der Waals surface area contributed by atoms with Crippen molar-refractivity contribution in [3.05, 3.63) is 30.0 Å². The molecule has 27 heavy (non-hydrogen) atoms. The molecule has 146 valence electrons. The number of carbonyl (C=O) groups is 3. The lowest BCUT2D eigenvalue weighted by Crippen LogP contribution is -2.58. The molecular formula is C19H25N3O5. The number of rotatable bonds is 8. The summed E-state index contributed by atoms with van der Waals surface area (Å²) in [7, 11) is 3.06. The van der Waals surface area contributed by atoms with Crippen molar-refractivity contribution in [1.82, 2.24) is 10.2 Å². The Labute approximate surface area is 158 Å². The second-order valence-electron chi connectivity index (χ2n) is 6.01. The number of benzene rings is 1. The number of hydrogen-bond donors (Lipinski definition) is 2. The van der Waals surface area contributed by atoms with Gasteiger partial charge in [-0.3, -0.25) is 19.8 Å². The molecule has 8 heteroatoms. The number of barbiturate groups is 1. The van der Waals surface area contributed by atoms with Crippen molar-refractivity contribution in [1.29, 1.82) is 0 Å². The molecule has 1 aliphatic heterocycles. The molecule has 1 saturated heterocycles. The maximum Gasteiger partial charge on any atom is 0.330 e. The van der Waals surface area contributed by atoms with Crippen molar-refractivity contribution in [3.8, 4) is 11.5 Å². The summed E-state index contributed by atoms with van der Waals surface area (Å²) in [5.41, 5.74) is 0.943. The maximum atomic E-state index is 12.8. The van der Waals surface area contributed by atoms with Crippen LogP contribution in [0.15, 0.2) is 30.0 Å². The maximum absolute atomic E-state index is 12.8. The Bertz CT molecular complexity index is 760. The smallest absolute Gasteiger partial charge is 0.330 e. The minimum Gasteiger partial charge on any atom is -0.497 e. The molecule has 2 N–H and O–H groups in total. The molecule has 0 aliphatic carbocycles. The van der Waals surface area contributed by atoms with E-state index in [1.165, 1.54) is 7.11 Å². The van der Waals surface area contributed by atoms with E-state index in [1.807, 2.05) is 6.92 Å². The minimum absolute atomic E-state index is 0.272. The van der Waals surface area contributed by atoms with Crippen LogP contribution in [0, 0.1) is 5.92 Å². The largest absolute Gasteiger partial charge is 0.497 e. The van der Waals surface area contributed by atoms with Crippen molar-refractivity contribution in [2.24, 2.45) is 5.92 Å². The van der Waals surface area contributed by atoms with E-state index in [2.05, 4.69) is 10.6 Å². The lowest BCUT2D eigenvalue weighted by molar-refractivity contribution is -0.140. The summed E-state index contributed by atoms with van der Waals surface area (Å²) >= 11 is 0. The number of hydrogen-bond acceptors (Lipinski definition) is 6. The second kappa shape index (κ2) is 9.07. The van der Waals surface area contributed by atoms with E-state index in [9.17, 15) is 14.4 Å². The van der Waals surface area contributed by atoms with Gasteiger partial charge in [-0.2, -0.15) is 0 Å². The van der Waals surface area contributed by atoms with Crippen LogP contribution in [0.5, 0.6) is 11.5 Å². The van der Waals surface area contributed by atoms with E-state index < -0.39 is 23.8 Å². The zero-order chi connectivity index (χ0) is 20.0. The Morgan fingerprint density at radius 1 is 1.26 bits per heavy atom. The molecule has 1 aromatic carbocycles. The number of unbranched alkanes of at least 4 members (excludes halogenated alkanes) is 1. The molecule has 0 unspecified atom stereocenters. The van der Waals surface area contributed by atoms with Crippen molar-refractivity contribution >= 4 is 23.5 Å². The van der Waals surface area contributed by atoms with Gasteiger partial charge >= 0.3 is 6.03 Å². The third-order valence-corrected chi connectivity index (χ3v) is 4.30. The number of methoxy groups -OCH3 is 2. The van der Waals surface area contributed by atoms with E-state index >= 15 is 0 Å². The van der Waals surface area contributed by atoms with Crippen LogP contribution in [-0.2, 0) is 9.59 Å². The highest BCUT2D eigenvalue weighted by Gasteiger charge is 2.42. The van der Waals surface area contributed by atoms with Crippen LogP contribution in [0.3, 0.4) is 0 Å². The summed E-state index contributed by atoms with van der Waals surface area (Å²) in [5.74, 6) is -1.20. The van der Waals surface area contributed by atoms with Crippen LogP contribution in [0.25, 0.3) is 0 Å². The number of allylic oxidation sites excluding steroid dienone is 1. The molecule has 8 nitrogen and oxygen atoms in total. The van der Waals surface area contributed by atoms with Gasteiger partial charge in [0.2, 0.25) is 11.8 Å². The molecule has 0 radical (unpaired) electrons. The van der Waals surface area contributed by atoms with Gasteiger partial charge in [-0.05, 0) is 25.5 Å². The van der Waals surface area contributed by atoms with Gasteiger partial charge in [0.1, 0.15) is 11.5 Å². The number of carbonyl (C=O) groups excluding carboxylic acids is 3. The van der Waals surface area contributed by atoms with Crippen molar-refractivity contribution in [2.45, 2.75) is 26.7 Å². The summed E-state index contributed by atoms with van der Waals surface area (Å²) in [6, 6.07) is 4.48. The summed E-state index contributed by atoms with van der Waals surface area (Å²) < 4.78 is 10.5. The topological polar surface area (TPSA) is 97.0 Å². The predicted octanol–water partition coefficient (Wildman–Crippen LogP) is 2.51. The standard InChI is InChI=1S/C19H25N3O5/c1-5-7-10-22-18(24)16(17(23)21-19(22)25)13(6-2)20-14-9-8-12(26-3)11-15(14)27-4/h6,8-9,11,16,20H,5,7,10H2,1-4H3,(H,21,23,25)/b13-6-/t16-/m0/s1. The third-order valence-electron chi connectivity index (χ3n) is 4.30. The zero-order valence-corrected chi connectivity index (χ0v) is 16.0. The van der Waals surface area contributed by atoms with E-state index in [4.69, 9.17) is 9.47 Å². The first kappa shape index (κ1) is 20.3. The van der Waals surface area contributed by atoms with Crippen molar-refractivity contribution < 1.29 is 23.9 Å². The molecule has 2 rings (SSSR count). The first-order valence-electron chi connectivity index (χ1n) is 8.78. The average Bonchev–Trinajstić information content (AvgIpc) is 2.66. The quantitative estimate of drug-likeness (QED) is 0.678. The van der Waals surface area contributed by atoms with Crippen LogP contribution in [0.2, 0.25) is 0 Å². The fourth-order valence-electron chi connectivity index (χ4n) is 2.78. The highest BCUT2D eigenvalue weighted by molar-refractivity contribution is 6.18. The normalized spacial score (nSPS) is 17.6. The molecule has 1 fully saturated rings. The number of urea groups is 1. The molecule has 0 bridgehead atoms. The van der Waals surface area contributed by atoms with Gasteiger partial charge in [0.25, 0.3) is 0 Å². The molecule has 4 amide bonds. The van der Waals surface area contributed by atoms with Crippen molar-refractivity contribution in [3.63, 3.8) is 0 Å². The summed E-state index contributed by atoms with van der Waals surface area (Å²) in [6.07, 6.45) is 3.14. The monoisotopic (exact) mass is 375 g/mol. The van der Waals surface area contributed by atoms with Crippen molar-refractivity contribution in [2.75, 3.05) is 26.1 Å².